The predicted octanol–water partition coefficient (Wildman–Crippen LogP) is 1.90. The molecule has 0 saturated carbocycles. The first kappa shape index (κ1) is 14.7. The first-order valence-corrected chi connectivity index (χ1v) is 7.99. The summed E-state index contributed by atoms with van der Waals surface area (Å²) in [5, 5.41) is 2.99. The minimum Gasteiger partial charge on any atom is -0.381 e. The van der Waals surface area contributed by atoms with E-state index in [-0.39, 0.29) is 22.2 Å². The van der Waals surface area contributed by atoms with Crippen LogP contribution < -0.4 is 5.32 Å². The van der Waals surface area contributed by atoms with Crippen LogP contribution in [-0.4, -0.2) is 28.6 Å². The largest absolute Gasteiger partial charge is 0.381 e. The molecule has 1 unspecified atom stereocenters. The molecule has 2 rings (SSSR count). The summed E-state index contributed by atoms with van der Waals surface area (Å²) in [6, 6.07) is 6.65. The van der Waals surface area contributed by atoms with Gasteiger partial charge in [0, 0.05) is 23.9 Å². The number of rotatable bonds is 4. The third kappa shape index (κ3) is 2.58. The van der Waals surface area contributed by atoms with Crippen LogP contribution in [0.15, 0.2) is 34.9 Å². The second-order valence-electron chi connectivity index (χ2n) is 5.14. The first-order valence-electron chi connectivity index (χ1n) is 6.43. The lowest BCUT2D eigenvalue weighted by molar-refractivity contribution is 0.0974. The lowest BCUT2D eigenvalue weighted by Gasteiger charge is -2.21. The van der Waals surface area contributed by atoms with E-state index in [0.717, 1.165) is 0 Å². The van der Waals surface area contributed by atoms with Crippen molar-refractivity contribution in [2.75, 3.05) is 12.8 Å². The lowest BCUT2D eigenvalue weighted by Crippen LogP contribution is -2.33. The first-order chi connectivity index (χ1) is 9.43. The maximum atomic E-state index is 12.5. The van der Waals surface area contributed by atoms with Crippen molar-refractivity contribution in [3.63, 3.8) is 0 Å². The van der Waals surface area contributed by atoms with Crippen molar-refractivity contribution < 1.29 is 13.8 Å². The molecule has 1 atom stereocenters. The van der Waals surface area contributed by atoms with Crippen molar-refractivity contribution >= 4 is 22.4 Å². The Morgan fingerprint density at radius 2 is 1.65 bits per heavy atom. The van der Waals surface area contributed by atoms with Crippen LogP contribution in [0, 0.1) is 5.92 Å². The van der Waals surface area contributed by atoms with Crippen molar-refractivity contribution in [3.8, 4) is 0 Å². The Morgan fingerprint density at radius 3 is 2.15 bits per heavy atom. The average molecular weight is 291 g/mol. The number of ketones is 2. The van der Waals surface area contributed by atoms with E-state index in [1.165, 1.54) is 6.26 Å². The Morgan fingerprint density at radius 1 is 1.10 bits per heavy atom. The van der Waals surface area contributed by atoms with Crippen LogP contribution in [0.25, 0.3) is 0 Å². The molecule has 0 spiro atoms. The van der Waals surface area contributed by atoms with Gasteiger partial charge in [-0.05, 0) is 5.92 Å². The topological polar surface area (TPSA) is 63.2 Å². The molecule has 0 aromatic heterocycles. The Kier molecular flexibility index (Phi) is 4.18. The van der Waals surface area contributed by atoms with Crippen LogP contribution in [0.1, 0.15) is 34.6 Å². The summed E-state index contributed by atoms with van der Waals surface area (Å²) < 4.78 is 11.9. The smallest absolute Gasteiger partial charge is 0.210 e. The van der Waals surface area contributed by atoms with Gasteiger partial charge in [-0.3, -0.25) is 13.8 Å². The quantitative estimate of drug-likeness (QED) is 0.920. The van der Waals surface area contributed by atoms with Crippen LogP contribution in [0.3, 0.4) is 0 Å². The molecular weight excluding hydrogens is 274 g/mol. The maximum absolute atomic E-state index is 12.5. The second kappa shape index (κ2) is 5.71. The number of benzene rings is 1. The third-order valence-electron chi connectivity index (χ3n) is 3.05. The van der Waals surface area contributed by atoms with Crippen molar-refractivity contribution in [1.82, 2.24) is 5.32 Å². The normalized spacial score (nSPS) is 16.4. The molecule has 106 valence electrons. The standard InChI is InChI=1S/C15H17NO3S/c1-9(2)8-16-12-13(17)10-6-4-5-7-11(10)14(18)15(12)20(3)19/h4-7,9,16H,8H2,1-3H3. The zero-order valence-electron chi connectivity index (χ0n) is 11.7. The molecule has 0 radical (unpaired) electrons. The molecule has 5 heteroatoms. The van der Waals surface area contributed by atoms with Gasteiger partial charge in [0.1, 0.15) is 10.6 Å². The van der Waals surface area contributed by atoms with Crippen molar-refractivity contribution in [2.45, 2.75) is 13.8 Å². The molecule has 1 N–H and O–H groups in total. The number of hydrogen-bond acceptors (Lipinski definition) is 4. The third-order valence-corrected chi connectivity index (χ3v) is 4.02. The predicted molar refractivity (Wildman–Crippen MR) is 79.0 cm³/mol. The van der Waals surface area contributed by atoms with Crippen LogP contribution in [0.5, 0.6) is 0 Å². The number of carbonyl (C=O) groups excluding carboxylic acids is 2. The minimum absolute atomic E-state index is 0.0781. The van der Waals surface area contributed by atoms with Gasteiger partial charge in [-0.15, -0.1) is 0 Å². The molecule has 0 amide bonds. The van der Waals surface area contributed by atoms with Gasteiger partial charge in [-0.25, -0.2) is 0 Å². The summed E-state index contributed by atoms with van der Waals surface area (Å²) in [6.45, 7) is 4.55. The van der Waals surface area contributed by atoms with Crippen molar-refractivity contribution in [2.24, 2.45) is 5.92 Å². The molecule has 0 bridgehead atoms. The fourth-order valence-corrected chi connectivity index (χ4v) is 2.92. The van der Waals surface area contributed by atoms with Gasteiger partial charge in [0.15, 0.2) is 0 Å². The summed E-state index contributed by atoms with van der Waals surface area (Å²) in [7, 11) is -1.51. The average Bonchev–Trinajstić information content (AvgIpc) is 2.40. The fourth-order valence-electron chi connectivity index (χ4n) is 2.09. The van der Waals surface area contributed by atoms with Gasteiger partial charge in [0.05, 0.1) is 10.8 Å². The molecule has 0 fully saturated rings. The van der Waals surface area contributed by atoms with E-state index >= 15 is 0 Å². The SMILES string of the molecule is CC(C)CNC1=C(S(C)=O)C(=O)c2ccccc2C1=O. The summed E-state index contributed by atoms with van der Waals surface area (Å²) in [5.74, 6) is -0.271. The maximum Gasteiger partial charge on any atom is 0.210 e. The molecule has 4 nitrogen and oxygen atoms in total. The molecule has 1 aromatic carbocycles. The Bertz CT molecular complexity index is 632. The van der Waals surface area contributed by atoms with E-state index in [0.29, 0.717) is 23.6 Å². The molecule has 20 heavy (non-hydrogen) atoms. The highest BCUT2D eigenvalue weighted by Gasteiger charge is 2.33. The summed E-state index contributed by atoms with van der Waals surface area (Å²) >= 11 is 0. The number of fused-ring (bicyclic) bond motifs is 1. The van der Waals surface area contributed by atoms with Gasteiger partial charge in [0.25, 0.3) is 0 Å². The highest BCUT2D eigenvalue weighted by Crippen LogP contribution is 2.26. The Labute approximate surface area is 120 Å². The van der Waals surface area contributed by atoms with Gasteiger partial charge in [0.2, 0.25) is 11.6 Å². The van der Waals surface area contributed by atoms with Crippen LogP contribution >= 0.6 is 0 Å². The minimum atomic E-state index is -1.51. The molecule has 1 aliphatic rings. The number of allylic oxidation sites excluding steroid dienone is 2. The van der Waals surface area contributed by atoms with Gasteiger partial charge in [-0.2, -0.15) is 0 Å². The number of nitrogens with one attached hydrogen (secondary N) is 1. The van der Waals surface area contributed by atoms with E-state index in [2.05, 4.69) is 5.32 Å². The van der Waals surface area contributed by atoms with Crippen molar-refractivity contribution in [3.05, 3.63) is 46.0 Å². The van der Waals surface area contributed by atoms with Crippen LogP contribution in [0.4, 0.5) is 0 Å². The van der Waals surface area contributed by atoms with Gasteiger partial charge < -0.3 is 5.32 Å². The zero-order valence-corrected chi connectivity index (χ0v) is 12.5. The van der Waals surface area contributed by atoms with Crippen molar-refractivity contribution in [1.29, 1.82) is 0 Å². The van der Waals surface area contributed by atoms with E-state index in [1.54, 1.807) is 24.3 Å². The molecular formula is C15H17NO3S. The van der Waals surface area contributed by atoms with Crippen LogP contribution in [-0.2, 0) is 10.8 Å². The highest BCUT2D eigenvalue weighted by atomic mass is 32.2. The Balaban J connectivity index is 2.54. The molecule has 0 aliphatic heterocycles. The second-order valence-corrected chi connectivity index (χ2v) is 6.45. The molecule has 1 aromatic rings. The van der Waals surface area contributed by atoms with E-state index in [1.807, 2.05) is 13.8 Å². The fraction of sp³-hybridized carbons (Fsp3) is 0.333. The number of hydrogen-bond donors (Lipinski definition) is 1. The van der Waals surface area contributed by atoms with E-state index < -0.39 is 10.8 Å². The summed E-state index contributed by atoms with van der Waals surface area (Å²) in [5.41, 5.74) is 0.888. The number of Topliss-reactive ketones (excluding diaryl/α,β-unsaturated/α-hetero) is 2. The summed E-state index contributed by atoms with van der Waals surface area (Å²) in [6.07, 6.45) is 1.42. The number of carbonyl (C=O) groups is 2. The highest BCUT2D eigenvalue weighted by molar-refractivity contribution is 7.89. The Hall–Kier alpha value is -1.75. The molecule has 1 aliphatic carbocycles. The monoisotopic (exact) mass is 291 g/mol. The van der Waals surface area contributed by atoms with Gasteiger partial charge >= 0.3 is 0 Å². The zero-order chi connectivity index (χ0) is 14.9. The molecule has 0 heterocycles. The van der Waals surface area contributed by atoms with E-state index in [4.69, 9.17) is 0 Å². The van der Waals surface area contributed by atoms with Gasteiger partial charge in [-0.1, -0.05) is 38.1 Å². The van der Waals surface area contributed by atoms with E-state index in [9.17, 15) is 13.8 Å². The summed E-state index contributed by atoms with van der Waals surface area (Å²) in [4.78, 5) is 25.0. The lowest BCUT2D eigenvalue weighted by atomic mass is 9.92. The van der Waals surface area contributed by atoms with Crippen LogP contribution in [0.2, 0.25) is 0 Å². The molecule has 0 saturated heterocycles.